The maximum Gasteiger partial charge on any atom is 0.362 e. The van der Waals surface area contributed by atoms with Crippen LogP contribution in [-0.4, -0.2) is 48.5 Å². The van der Waals surface area contributed by atoms with Gasteiger partial charge < -0.3 is 10.1 Å². The third-order valence-electron chi connectivity index (χ3n) is 1.94. The minimum absolute atomic E-state index is 0.201. The number of methoxy groups -OCH3 is 1. The van der Waals surface area contributed by atoms with Crippen LogP contribution in [0.5, 0.6) is 0 Å². The second kappa shape index (κ2) is 3.43. The van der Waals surface area contributed by atoms with Crippen LogP contribution in [0, 0.1) is 0 Å². The number of hydrogen-bond donors (Lipinski definition) is 2. The number of nitrogens with zero attached hydrogens (tertiary/aromatic N) is 1. The summed E-state index contributed by atoms with van der Waals surface area (Å²) in [6.07, 6.45) is 0. The average molecular weight is 238 g/mol. The van der Waals surface area contributed by atoms with Crippen molar-refractivity contribution in [3.05, 3.63) is 0 Å². The molecular weight excluding hydrogens is 228 g/mol. The molecule has 1 saturated heterocycles. The Morgan fingerprint density at radius 3 is 2.47 bits per heavy atom. The van der Waals surface area contributed by atoms with Gasteiger partial charge in [0.25, 0.3) is 5.91 Å². The van der Waals surface area contributed by atoms with E-state index in [-0.39, 0.29) is 4.31 Å². The Labute approximate surface area is 86.1 Å². The molecule has 86 valence electrons. The van der Waals surface area contributed by atoms with Gasteiger partial charge in [0.05, 0.1) is 6.54 Å². The Morgan fingerprint density at radius 1 is 1.67 bits per heavy atom. The summed E-state index contributed by atoms with van der Waals surface area (Å²) >= 11 is 0. The lowest BCUT2D eigenvalue weighted by molar-refractivity contribution is -0.179. The zero-order valence-corrected chi connectivity index (χ0v) is 8.87. The minimum atomic E-state index is -4.58. The molecule has 1 atom stereocenters. The molecule has 2 N–H and O–H groups in total. The Bertz CT molecular complexity index is 404. The number of rotatable bonds is 3. The van der Waals surface area contributed by atoms with Crippen molar-refractivity contribution < 1.29 is 27.3 Å². The first-order valence-corrected chi connectivity index (χ1v) is 5.26. The summed E-state index contributed by atoms with van der Waals surface area (Å²) in [6, 6.07) is 0. The number of ether oxygens (including phenoxy) is 1. The van der Waals surface area contributed by atoms with Crippen molar-refractivity contribution in [3.8, 4) is 0 Å². The van der Waals surface area contributed by atoms with Gasteiger partial charge in [-0.3, -0.25) is 14.1 Å². The number of β-lactam (4-membered cyclic amide) rings is 1. The van der Waals surface area contributed by atoms with Crippen molar-refractivity contribution in [1.82, 2.24) is 9.62 Å². The van der Waals surface area contributed by atoms with Crippen molar-refractivity contribution in [2.75, 3.05) is 13.7 Å². The molecule has 0 unspecified atom stereocenters. The highest BCUT2D eigenvalue weighted by Gasteiger charge is 2.58. The van der Waals surface area contributed by atoms with Crippen LogP contribution in [0.25, 0.3) is 0 Å². The van der Waals surface area contributed by atoms with Gasteiger partial charge in [-0.05, 0) is 0 Å². The van der Waals surface area contributed by atoms with Crippen molar-refractivity contribution in [2.45, 2.75) is 12.6 Å². The summed E-state index contributed by atoms with van der Waals surface area (Å²) in [5.74, 6) is -1.57. The van der Waals surface area contributed by atoms with Crippen LogP contribution >= 0.6 is 0 Å². The van der Waals surface area contributed by atoms with Crippen LogP contribution in [0.3, 0.4) is 0 Å². The molecule has 9 heteroatoms. The number of carbonyl (C=O) groups is 2. The van der Waals surface area contributed by atoms with Gasteiger partial charge >= 0.3 is 10.3 Å². The number of hydrogen-bond acceptors (Lipinski definition) is 5. The van der Waals surface area contributed by atoms with E-state index in [1.165, 1.54) is 0 Å². The Morgan fingerprint density at radius 2 is 2.20 bits per heavy atom. The third kappa shape index (κ3) is 1.94. The topological polar surface area (TPSA) is 113 Å². The molecule has 0 saturated carbocycles. The van der Waals surface area contributed by atoms with E-state index >= 15 is 0 Å². The fourth-order valence-electron chi connectivity index (χ4n) is 1.22. The van der Waals surface area contributed by atoms with Crippen molar-refractivity contribution in [2.24, 2.45) is 0 Å². The molecule has 0 bridgehead atoms. The molecule has 0 aromatic rings. The normalized spacial score (nSPS) is 26.1. The van der Waals surface area contributed by atoms with Crippen LogP contribution in [0.1, 0.15) is 6.92 Å². The highest BCUT2D eigenvalue weighted by Crippen LogP contribution is 2.25. The lowest BCUT2D eigenvalue weighted by Gasteiger charge is -2.44. The van der Waals surface area contributed by atoms with E-state index in [0.29, 0.717) is 0 Å². The number of amides is 2. The number of carbonyl (C=O) groups excluding carboxylic acids is 2. The van der Waals surface area contributed by atoms with E-state index in [4.69, 9.17) is 9.29 Å². The first kappa shape index (κ1) is 11.9. The molecule has 0 aliphatic carbocycles. The quantitative estimate of drug-likeness (QED) is 0.337. The standard InChI is InChI=1S/C6H10N2O6S/c1-4(9)7-6(14-2)3-8(5(6)10)15(11,12)13/h3H2,1-2H3,(H,7,9)(H,11,12,13)/t6-/m0/s1. The molecule has 0 aromatic heterocycles. The van der Waals surface area contributed by atoms with E-state index in [9.17, 15) is 18.0 Å². The lowest BCUT2D eigenvalue weighted by Crippen LogP contribution is -2.75. The fourth-order valence-corrected chi connectivity index (χ4v) is 1.92. The van der Waals surface area contributed by atoms with E-state index in [1.54, 1.807) is 0 Å². The van der Waals surface area contributed by atoms with E-state index in [1.807, 2.05) is 0 Å². The summed E-state index contributed by atoms with van der Waals surface area (Å²) < 4.78 is 34.7. The summed E-state index contributed by atoms with van der Waals surface area (Å²) in [4.78, 5) is 22.1. The monoisotopic (exact) mass is 238 g/mol. The molecule has 0 radical (unpaired) electrons. The largest absolute Gasteiger partial charge is 0.362 e. The average Bonchev–Trinajstić information content (AvgIpc) is 2.08. The molecule has 15 heavy (non-hydrogen) atoms. The Balaban J connectivity index is 2.86. The summed E-state index contributed by atoms with van der Waals surface area (Å²) in [6.45, 7) is 0.713. The maximum absolute atomic E-state index is 11.3. The van der Waals surface area contributed by atoms with Crippen molar-refractivity contribution in [1.29, 1.82) is 0 Å². The highest BCUT2D eigenvalue weighted by molar-refractivity contribution is 7.84. The first-order valence-electron chi connectivity index (χ1n) is 3.86. The second-order valence-corrected chi connectivity index (χ2v) is 4.34. The van der Waals surface area contributed by atoms with Crippen molar-refractivity contribution in [3.63, 3.8) is 0 Å². The van der Waals surface area contributed by atoms with Gasteiger partial charge in [0.2, 0.25) is 11.6 Å². The Hall–Kier alpha value is -1.19. The SMILES string of the molecule is CO[C@@]1(NC(C)=O)CN(S(=O)(=O)O)C1=O. The van der Waals surface area contributed by atoms with Gasteiger partial charge in [0.1, 0.15) is 0 Å². The van der Waals surface area contributed by atoms with Gasteiger partial charge in [0.15, 0.2) is 0 Å². The zero-order chi connectivity index (χ0) is 11.9. The van der Waals surface area contributed by atoms with Gasteiger partial charge in [-0.1, -0.05) is 0 Å². The smallest absolute Gasteiger partial charge is 0.349 e. The molecule has 8 nitrogen and oxygen atoms in total. The van der Waals surface area contributed by atoms with Gasteiger partial charge in [-0.2, -0.15) is 8.42 Å². The summed E-state index contributed by atoms with van der Waals surface area (Å²) in [5, 5.41) is 2.17. The van der Waals surface area contributed by atoms with Crippen LogP contribution in [-0.2, 0) is 24.6 Å². The van der Waals surface area contributed by atoms with E-state index in [2.05, 4.69) is 5.32 Å². The van der Waals surface area contributed by atoms with E-state index < -0.39 is 34.4 Å². The number of nitrogens with one attached hydrogen (secondary N) is 1. The molecule has 0 aromatic carbocycles. The maximum atomic E-state index is 11.3. The first-order chi connectivity index (χ1) is 6.73. The van der Waals surface area contributed by atoms with E-state index in [0.717, 1.165) is 14.0 Å². The molecule has 1 fully saturated rings. The lowest BCUT2D eigenvalue weighted by atomic mass is 10.1. The fraction of sp³-hybridized carbons (Fsp3) is 0.667. The van der Waals surface area contributed by atoms with Gasteiger partial charge in [0, 0.05) is 14.0 Å². The molecule has 1 aliphatic rings. The highest BCUT2D eigenvalue weighted by atomic mass is 32.2. The molecule has 1 aliphatic heterocycles. The minimum Gasteiger partial charge on any atom is -0.349 e. The molecule has 0 spiro atoms. The van der Waals surface area contributed by atoms with Crippen LogP contribution in [0.15, 0.2) is 0 Å². The van der Waals surface area contributed by atoms with Crippen LogP contribution in [0.4, 0.5) is 0 Å². The zero-order valence-electron chi connectivity index (χ0n) is 8.05. The predicted molar refractivity (Wildman–Crippen MR) is 46.8 cm³/mol. The summed E-state index contributed by atoms with van der Waals surface area (Å²) in [5.41, 5.74) is -1.68. The van der Waals surface area contributed by atoms with Gasteiger partial charge in [-0.15, -0.1) is 0 Å². The van der Waals surface area contributed by atoms with Gasteiger partial charge in [-0.25, -0.2) is 4.31 Å². The molecule has 1 rings (SSSR count). The molecule has 2 amide bonds. The second-order valence-electron chi connectivity index (χ2n) is 3.00. The van der Waals surface area contributed by atoms with Crippen LogP contribution < -0.4 is 5.32 Å². The summed E-state index contributed by atoms with van der Waals surface area (Å²) in [7, 11) is -3.43. The molecule has 1 heterocycles. The molecular formula is C6H10N2O6S. The third-order valence-corrected chi connectivity index (χ3v) is 2.80. The van der Waals surface area contributed by atoms with Crippen molar-refractivity contribution >= 4 is 22.1 Å². The predicted octanol–water partition coefficient (Wildman–Crippen LogP) is -1.89. The Kier molecular flexibility index (Phi) is 2.72. The van der Waals surface area contributed by atoms with Crippen LogP contribution in [0.2, 0.25) is 0 Å².